The normalized spacial score (nSPS) is 10.9. The van der Waals surface area contributed by atoms with Gasteiger partial charge in [0.1, 0.15) is 5.69 Å². The number of benzene rings is 1. The quantitative estimate of drug-likeness (QED) is 0.731. The molecule has 130 valence electrons. The molecule has 0 bridgehead atoms. The highest BCUT2D eigenvalue weighted by Gasteiger charge is 2.20. The number of anilines is 1. The van der Waals surface area contributed by atoms with Gasteiger partial charge in [-0.05, 0) is 50.1 Å². The van der Waals surface area contributed by atoms with Gasteiger partial charge in [0.05, 0.1) is 12.3 Å². The van der Waals surface area contributed by atoms with E-state index >= 15 is 0 Å². The number of nitrogens with one attached hydrogen (secondary N) is 1. The number of hydrogen-bond donors (Lipinski definition) is 1. The number of nitrogens with zero attached hydrogens (tertiary/aromatic N) is 2. The van der Waals surface area contributed by atoms with E-state index in [0.29, 0.717) is 40.8 Å². The van der Waals surface area contributed by atoms with Crippen molar-refractivity contribution in [3.05, 3.63) is 58.5 Å². The van der Waals surface area contributed by atoms with Crippen LogP contribution >= 0.6 is 11.6 Å². The van der Waals surface area contributed by atoms with Crippen LogP contribution in [0, 0.1) is 6.92 Å². The molecule has 6 heteroatoms. The molecule has 0 atom stereocenters. The summed E-state index contributed by atoms with van der Waals surface area (Å²) in [6, 6.07) is 9.15. The minimum Gasteiger partial charge on any atom is -0.490 e. The molecular formula is C19H20ClN3O2. The van der Waals surface area contributed by atoms with Crippen molar-refractivity contribution in [2.24, 2.45) is 0 Å². The van der Waals surface area contributed by atoms with Crippen LogP contribution in [0.3, 0.4) is 0 Å². The number of hydrogen-bond acceptors (Lipinski definition) is 3. The average molecular weight is 358 g/mol. The smallest absolute Gasteiger partial charge is 0.274 e. The van der Waals surface area contributed by atoms with Crippen molar-refractivity contribution < 1.29 is 9.53 Å². The number of ether oxygens (including phenoxy) is 1. The van der Waals surface area contributed by atoms with Crippen LogP contribution in [-0.4, -0.2) is 21.9 Å². The molecule has 0 saturated carbocycles. The maximum absolute atomic E-state index is 12.9. The van der Waals surface area contributed by atoms with Crippen LogP contribution in [0.25, 0.3) is 5.65 Å². The molecule has 0 fully saturated rings. The summed E-state index contributed by atoms with van der Waals surface area (Å²) in [5.74, 6) is 0.440. The molecular weight excluding hydrogens is 338 g/mol. The van der Waals surface area contributed by atoms with Crippen molar-refractivity contribution >= 4 is 28.8 Å². The fourth-order valence-corrected chi connectivity index (χ4v) is 2.89. The number of pyridine rings is 1. The predicted molar refractivity (Wildman–Crippen MR) is 99.9 cm³/mol. The molecule has 0 saturated heterocycles. The van der Waals surface area contributed by atoms with Crippen molar-refractivity contribution in [1.82, 2.24) is 9.38 Å². The van der Waals surface area contributed by atoms with Gasteiger partial charge in [-0.15, -0.1) is 0 Å². The van der Waals surface area contributed by atoms with E-state index in [1.54, 1.807) is 10.5 Å². The second-order valence-corrected chi connectivity index (χ2v) is 6.09. The Bertz CT molecular complexity index is 934. The molecule has 0 aliphatic heterocycles. The first kappa shape index (κ1) is 17.3. The highest BCUT2D eigenvalue weighted by atomic mass is 35.5. The molecule has 0 radical (unpaired) electrons. The van der Waals surface area contributed by atoms with E-state index < -0.39 is 0 Å². The summed E-state index contributed by atoms with van der Waals surface area (Å²) < 4.78 is 7.40. The Morgan fingerprint density at radius 2 is 2.12 bits per heavy atom. The molecule has 0 unspecified atom stereocenters. The van der Waals surface area contributed by atoms with E-state index in [9.17, 15) is 4.79 Å². The van der Waals surface area contributed by atoms with Crippen LogP contribution in [0.5, 0.6) is 5.75 Å². The zero-order chi connectivity index (χ0) is 18.0. The van der Waals surface area contributed by atoms with Crippen molar-refractivity contribution in [2.75, 3.05) is 11.9 Å². The van der Waals surface area contributed by atoms with Gasteiger partial charge >= 0.3 is 0 Å². The molecule has 25 heavy (non-hydrogen) atoms. The van der Waals surface area contributed by atoms with Crippen molar-refractivity contribution in [3.63, 3.8) is 0 Å². The SMILES string of the molecule is CCOc1cccn2c(C(=O)Nc3ccc(C)c(Cl)c3)c(CC)nc12. The molecule has 1 aromatic carbocycles. The predicted octanol–water partition coefficient (Wildman–Crippen LogP) is 4.51. The van der Waals surface area contributed by atoms with E-state index in [1.165, 1.54) is 0 Å². The van der Waals surface area contributed by atoms with Gasteiger partial charge in [0.2, 0.25) is 0 Å². The van der Waals surface area contributed by atoms with Crippen LogP contribution < -0.4 is 10.1 Å². The van der Waals surface area contributed by atoms with Crippen LogP contribution in [0.2, 0.25) is 5.02 Å². The molecule has 0 aliphatic carbocycles. The van der Waals surface area contributed by atoms with Gasteiger partial charge in [-0.1, -0.05) is 24.6 Å². The highest BCUT2D eigenvalue weighted by molar-refractivity contribution is 6.31. The number of aryl methyl sites for hydroxylation is 2. The summed E-state index contributed by atoms with van der Waals surface area (Å²) in [7, 11) is 0. The zero-order valence-corrected chi connectivity index (χ0v) is 15.2. The van der Waals surface area contributed by atoms with E-state index in [2.05, 4.69) is 10.3 Å². The van der Waals surface area contributed by atoms with Crippen LogP contribution in [0.1, 0.15) is 35.6 Å². The van der Waals surface area contributed by atoms with Gasteiger partial charge in [-0.2, -0.15) is 0 Å². The third kappa shape index (κ3) is 3.33. The first-order chi connectivity index (χ1) is 12.0. The summed E-state index contributed by atoms with van der Waals surface area (Å²) in [6.45, 7) is 6.35. The summed E-state index contributed by atoms with van der Waals surface area (Å²) >= 11 is 6.15. The standard InChI is InChI=1S/C19H20ClN3O2/c1-4-15-17(19(24)21-13-9-8-12(3)14(20)11-13)23-10-6-7-16(25-5-2)18(23)22-15/h6-11H,4-5H2,1-3H3,(H,21,24). The number of carbonyl (C=O) groups excluding carboxylic acids is 1. The number of carbonyl (C=O) groups is 1. The first-order valence-electron chi connectivity index (χ1n) is 8.25. The maximum Gasteiger partial charge on any atom is 0.274 e. The van der Waals surface area contributed by atoms with E-state index in [4.69, 9.17) is 16.3 Å². The van der Waals surface area contributed by atoms with Crippen LogP contribution in [0.15, 0.2) is 36.5 Å². The molecule has 1 amide bonds. The largest absolute Gasteiger partial charge is 0.490 e. The fourth-order valence-electron chi connectivity index (χ4n) is 2.71. The third-order valence-corrected chi connectivity index (χ3v) is 4.37. The van der Waals surface area contributed by atoms with E-state index in [0.717, 1.165) is 11.3 Å². The number of amides is 1. The summed E-state index contributed by atoms with van der Waals surface area (Å²) in [4.78, 5) is 17.5. The van der Waals surface area contributed by atoms with Gasteiger partial charge in [-0.3, -0.25) is 9.20 Å². The van der Waals surface area contributed by atoms with Gasteiger partial charge < -0.3 is 10.1 Å². The van der Waals surface area contributed by atoms with E-state index in [1.807, 2.05) is 51.2 Å². The number of rotatable bonds is 5. The van der Waals surface area contributed by atoms with Crippen molar-refractivity contribution in [3.8, 4) is 5.75 Å². The Labute approximate surface area is 151 Å². The van der Waals surface area contributed by atoms with Crippen molar-refractivity contribution in [2.45, 2.75) is 27.2 Å². The highest BCUT2D eigenvalue weighted by Crippen LogP contribution is 2.25. The molecule has 0 aliphatic rings. The maximum atomic E-state index is 12.9. The van der Waals surface area contributed by atoms with Gasteiger partial charge in [-0.25, -0.2) is 4.98 Å². The number of aromatic nitrogens is 2. The van der Waals surface area contributed by atoms with Crippen LogP contribution in [0.4, 0.5) is 5.69 Å². The van der Waals surface area contributed by atoms with Crippen LogP contribution in [-0.2, 0) is 6.42 Å². The number of halogens is 1. The van der Waals surface area contributed by atoms with Crippen molar-refractivity contribution in [1.29, 1.82) is 0 Å². The fraction of sp³-hybridized carbons (Fsp3) is 0.263. The third-order valence-electron chi connectivity index (χ3n) is 3.97. The molecule has 3 aromatic rings. The molecule has 1 N–H and O–H groups in total. The molecule has 3 rings (SSSR count). The zero-order valence-electron chi connectivity index (χ0n) is 14.5. The van der Waals surface area contributed by atoms with Gasteiger partial charge in [0.25, 0.3) is 5.91 Å². The van der Waals surface area contributed by atoms with Gasteiger partial charge in [0.15, 0.2) is 11.4 Å². The lowest BCUT2D eigenvalue weighted by atomic mass is 10.2. The monoisotopic (exact) mass is 357 g/mol. The molecule has 0 spiro atoms. The Hall–Kier alpha value is -2.53. The number of imidazole rings is 1. The Kier molecular flexibility index (Phi) is 4.95. The lowest BCUT2D eigenvalue weighted by molar-refractivity contribution is 0.102. The minimum atomic E-state index is -0.224. The minimum absolute atomic E-state index is 0.224. The summed E-state index contributed by atoms with van der Waals surface area (Å²) in [5, 5.41) is 3.52. The Balaban J connectivity index is 2.02. The second kappa shape index (κ2) is 7.15. The lowest BCUT2D eigenvalue weighted by Crippen LogP contribution is -2.16. The number of fused-ring (bicyclic) bond motifs is 1. The summed E-state index contributed by atoms with van der Waals surface area (Å²) in [5.41, 5.74) is 3.50. The second-order valence-electron chi connectivity index (χ2n) is 5.68. The topological polar surface area (TPSA) is 55.6 Å². The molecule has 2 heterocycles. The summed E-state index contributed by atoms with van der Waals surface area (Å²) in [6.07, 6.45) is 2.46. The Morgan fingerprint density at radius 3 is 2.80 bits per heavy atom. The first-order valence-corrected chi connectivity index (χ1v) is 8.63. The average Bonchev–Trinajstić information content (AvgIpc) is 2.98. The lowest BCUT2D eigenvalue weighted by Gasteiger charge is -2.09. The molecule has 2 aromatic heterocycles. The Morgan fingerprint density at radius 1 is 1.32 bits per heavy atom. The van der Waals surface area contributed by atoms with E-state index in [-0.39, 0.29) is 5.91 Å². The molecule has 5 nitrogen and oxygen atoms in total. The van der Waals surface area contributed by atoms with Gasteiger partial charge in [0, 0.05) is 16.9 Å².